The third-order valence-corrected chi connectivity index (χ3v) is 5.99. The molecule has 3 aromatic heterocycles. The summed E-state index contributed by atoms with van der Waals surface area (Å²) in [6.45, 7) is 0.662. The average Bonchev–Trinajstić information content (AvgIpc) is 3.63. The molecule has 0 aliphatic carbocycles. The van der Waals surface area contributed by atoms with Crippen molar-refractivity contribution in [3.63, 3.8) is 0 Å². The van der Waals surface area contributed by atoms with Gasteiger partial charge in [-0.25, -0.2) is 9.50 Å². The molecule has 1 amide bonds. The smallest absolute Gasteiger partial charge is 0.246 e. The summed E-state index contributed by atoms with van der Waals surface area (Å²) < 4.78 is 19.9. The minimum absolute atomic E-state index is 0.377. The van der Waals surface area contributed by atoms with Gasteiger partial charge in [-0.3, -0.25) is 4.79 Å². The molecule has 35 heavy (non-hydrogen) atoms. The first kappa shape index (κ1) is 22.3. The predicted molar refractivity (Wildman–Crippen MR) is 129 cm³/mol. The fourth-order valence-corrected chi connectivity index (χ4v) is 4.30. The number of imidazole rings is 1. The van der Waals surface area contributed by atoms with Gasteiger partial charge in [0.2, 0.25) is 17.6 Å². The van der Waals surface area contributed by atoms with Crippen molar-refractivity contribution >= 4 is 29.0 Å². The summed E-state index contributed by atoms with van der Waals surface area (Å²) in [4.78, 5) is 23.0. The predicted octanol–water partition coefficient (Wildman–Crippen LogP) is 2.14. The number of nitrogens with zero attached hydrogens (tertiary/aromatic N) is 6. The van der Waals surface area contributed by atoms with E-state index in [1.54, 1.807) is 32.2 Å². The zero-order chi connectivity index (χ0) is 24.5. The number of ether oxygens (including phenoxy) is 3. The molecule has 0 spiro atoms. The maximum absolute atomic E-state index is 11.9. The number of fused-ring (bicyclic) bond motifs is 1. The minimum atomic E-state index is -0.421. The van der Waals surface area contributed by atoms with Gasteiger partial charge in [0, 0.05) is 24.9 Å². The van der Waals surface area contributed by atoms with Gasteiger partial charge in [-0.05, 0) is 25.0 Å². The Morgan fingerprint density at radius 1 is 1.17 bits per heavy atom. The maximum atomic E-state index is 11.9. The zero-order valence-electron chi connectivity index (χ0n) is 19.6. The second kappa shape index (κ2) is 9.05. The molecule has 1 aliphatic rings. The zero-order valence-corrected chi connectivity index (χ0v) is 19.6. The molecule has 5 rings (SSSR count). The van der Waals surface area contributed by atoms with Crippen LogP contribution in [0.5, 0.6) is 17.2 Å². The van der Waals surface area contributed by atoms with Crippen LogP contribution in [0.15, 0.2) is 43.0 Å². The topological polar surface area (TPSA) is 134 Å². The van der Waals surface area contributed by atoms with Gasteiger partial charge in [0.25, 0.3) is 0 Å². The van der Waals surface area contributed by atoms with Gasteiger partial charge in [0.15, 0.2) is 17.3 Å². The third-order valence-electron chi connectivity index (χ3n) is 5.99. The van der Waals surface area contributed by atoms with Crippen LogP contribution in [0.3, 0.4) is 0 Å². The van der Waals surface area contributed by atoms with Crippen LogP contribution >= 0.6 is 0 Å². The number of hydrogen-bond acceptors (Lipinski definition) is 9. The first-order valence-electron chi connectivity index (χ1n) is 11.0. The lowest BCUT2D eigenvalue weighted by Gasteiger charge is -2.22. The summed E-state index contributed by atoms with van der Waals surface area (Å²) in [7, 11) is 4.70. The van der Waals surface area contributed by atoms with Crippen LogP contribution in [0.4, 0.5) is 17.6 Å². The van der Waals surface area contributed by atoms with E-state index >= 15 is 0 Å². The maximum Gasteiger partial charge on any atom is 0.246 e. The van der Waals surface area contributed by atoms with Crippen molar-refractivity contribution in [2.45, 2.75) is 18.9 Å². The number of hydrogen-bond donors (Lipinski definition) is 2. The number of aromatic nitrogens is 5. The van der Waals surface area contributed by atoms with Crippen molar-refractivity contribution < 1.29 is 19.0 Å². The standard InChI is InChI=1S/C23H26N8O4/c1-33-17-10-14(11-18(34-2)20(17)35-3)29-12-19(25-13-29)26-22-16-7-5-9-31(16)28-23(27-22)30-8-4-6-15(30)21(24)32/h5,7,9-13,15H,4,6,8H2,1-3H3,(H2,24,32)(H,26,27,28)/t15-/m0/s1. The van der Waals surface area contributed by atoms with Gasteiger partial charge in [-0.15, -0.1) is 5.10 Å². The molecule has 1 atom stereocenters. The van der Waals surface area contributed by atoms with Crippen molar-refractivity contribution in [1.29, 1.82) is 0 Å². The van der Waals surface area contributed by atoms with Crippen LogP contribution in [0.1, 0.15) is 12.8 Å². The molecular formula is C23H26N8O4. The number of nitrogens with one attached hydrogen (secondary N) is 1. The van der Waals surface area contributed by atoms with Crippen molar-refractivity contribution in [3.8, 4) is 22.9 Å². The van der Waals surface area contributed by atoms with Gasteiger partial charge in [-0.1, -0.05) is 0 Å². The van der Waals surface area contributed by atoms with Crippen LogP contribution in [-0.2, 0) is 4.79 Å². The Bertz CT molecular complexity index is 1360. The fraction of sp³-hybridized carbons (Fsp3) is 0.304. The van der Waals surface area contributed by atoms with E-state index in [0.29, 0.717) is 47.8 Å². The molecule has 12 heteroatoms. The largest absolute Gasteiger partial charge is 0.493 e. The summed E-state index contributed by atoms with van der Waals surface area (Å²) in [5, 5.41) is 7.85. The van der Waals surface area contributed by atoms with Crippen LogP contribution in [0.25, 0.3) is 11.2 Å². The van der Waals surface area contributed by atoms with Gasteiger partial charge in [0.1, 0.15) is 23.7 Å². The molecule has 12 nitrogen and oxygen atoms in total. The molecule has 1 fully saturated rings. The summed E-state index contributed by atoms with van der Waals surface area (Å²) >= 11 is 0. The number of rotatable bonds is 8. The molecule has 0 bridgehead atoms. The molecule has 4 heterocycles. The molecule has 1 aromatic carbocycles. The Kier molecular flexibility index (Phi) is 5.77. The summed E-state index contributed by atoms with van der Waals surface area (Å²) in [6, 6.07) is 7.02. The number of amides is 1. The summed E-state index contributed by atoms with van der Waals surface area (Å²) in [5.74, 6) is 2.77. The van der Waals surface area contributed by atoms with E-state index in [-0.39, 0.29) is 5.91 Å². The van der Waals surface area contributed by atoms with Crippen molar-refractivity contribution in [2.75, 3.05) is 38.1 Å². The van der Waals surface area contributed by atoms with Gasteiger partial charge in [-0.2, -0.15) is 4.98 Å². The molecule has 1 aliphatic heterocycles. The minimum Gasteiger partial charge on any atom is -0.493 e. The third kappa shape index (κ3) is 4.03. The lowest BCUT2D eigenvalue weighted by atomic mass is 10.2. The number of carbonyl (C=O) groups excluding carboxylic acids is 1. The normalized spacial score (nSPS) is 15.4. The highest BCUT2D eigenvalue weighted by Gasteiger charge is 2.31. The highest BCUT2D eigenvalue weighted by Crippen LogP contribution is 2.39. The second-order valence-corrected chi connectivity index (χ2v) is 8.03. The Balaban J connectivity index is 1.48. The monoisotopic (exact) mass is 478 g/mol. The first-order valence-corrected chi connectivity index (χ1v) is 11.0. The van der Waals surface area contributed by atoms with Crippen molar-refractivity contribution in [1.82, 2.24) is 24.1 Å². The number of nitrogens with two attached hydrogens (primary N) is 1. The van der Waals surface area contributed by atoms with Crippen LogP contribution < -0.4 is 30.2 Å². The van der Waals surface area contributed by atoms with E-state index in [4.69, 9.17) is 24.9 Å². The molecular weight excluding hydrogens is 452 g/mol. The number of carbonyl (C=O) groups is 1. The van der Waals surface area contributed by atoms with E-state index in [2.05, 4.69) is 15.4 Å². The molecule has 0 saturated carbocycles. The molecule has 0 radical (unpaired) electrons. The molecule has 3 N–H and O–H groups in total. The highest BCUT2D eigenvalue weighted by atomic mass is 16.5. The average molecular weight is 479 g/mol. The SMILES string of the molecule is COc1cc(-n2cnc(Nc3nc(N4CCC[C@H]4C(N)=O)nn4cccc34)c2)cc(OC)c1OC. The number of primary amides is 1. The lowest BCUT2D eigenvalue weighted by Crippen LogP contribution is -2.41. The quantitative estimate of drug-likeness (QED) is 0.390. The Morgan fingerprint density at radius 3 is 2.63 bits per heavy atom. The Labute approximate surface area is 201 Å². The number of methoxy groups -OCH3 is 3. The van der Waals surface area contributed by atoms with E-state index in [1.165, 1.54) is 0 Å². The fourth-order valence-electron chi connectivity index (χ4n) is 4.30. The number of anilines is 3. The Morgan fingerprint density at radius 2 is 1.94 bits per heavy atom. The van der Waals surface area contributed by atoms with E-state index in [0.717, 1.165) is 17.6 Å². The van der Waals surface area contributed by atoms with E-state index in [9.17, 15) is 4.79 Å². The molecule has 4 aromatic rings. The van der Waals surface area contributed by atoms with E-state index < -0.39 is 6.04 Å². The number of benzene rings is 1. The summed E-state index contributed by atoms with van der Waals surface area (Å²) in [6.07, 6.45) is 6.86. The molecule has 0 unspecified atom stereocenters. The lowest BCUT2D eigenvalue weighted by molar-refractivity contribution is -0.119. The van der Waals surface area contributed by atoms with Gasteiger partial charge < -0.3 is 34.7 Å². The van der Waals surface area contributed by atoms with Gasteiger partial charge in [0.05, 0.1) is 33.2 Å². The summed E-state index contributed by atoms with van der Waals surface area (Å²) in [5.41, 5.74) is 7.15. The molecule has 182 valence electrons. The first-order chi connectivity index (χ1) is 17.0. The Hall–Kier alpha value is -4.48. The van der Waals surface area contributed by atoms with Crippen LogP contribution in [0, 0.1) is 0 Å². The van der Waals surface area contributed by atoms with E-state index in [1.807, 2.05) is 46.1 Å². The second-order valence-electron chi connectivity index (χ2n) is 8.03. The highest BCUT2D eigenvalue weighted by molar-refractivity contribution is 5.84. The van der Waals surface area contributed by atoms with Gasteiger partial charge >= 0.3 is 0 Å². The van der Waals surface area contributed by atoms with Crippen molar-refractivity contribution in [3.05, 3.63) is 43.0 Å². The molecule has 1 saturated heterocycles. The van der Waals surface area contributed by atoms with Crippen molar-refractivity contribution in [2.24, 2.45) is 5.73 Å². The van der Waals surface area contributed by atoms with Crippen LogP contribution in [0.2, 0.25) is 0 Å². The van der Waals surface area contributed by atoms with Crippen LogP contribution in [-0.4, -0.2) is 64.0 Å².